The lowest BCUT2D eigenvalue weighted by Crippen LogP contribution is -2.25. The van der Waals surface area contributed by atoms with Crippen LogP contribution in [0.4, 0.5) is 0 Å². The molecule has 0 spiro atoms. The first kappa shape index (κ1) is 15.2. The molecular formula is C15H13BrN2O3. The number of halogens is 1. The number of aromatic carboxylic acids is 1. The van der Waals surface area contributed by atoms with Crippen LogP contribution in [0.1, 0.15) is 26.3 Å². The first-order chi connectivity index (χ1) is 10.1. The third kappa shape index (κ3) is 4.39. The molecule has 1 heterocycles. The number of nitrogens with one attached hydrogen (secondary N) is 1. The van der Waals surface area contributed by atoms with Crippen molar-refractivity contribution >= 4 is 27.8 Å². The van der Waals surface area contributed by atoms with E-state index in [4.69, 9.17) is 5.11 Å². The summed E-state index contributed by atoms with van der Waals surface area (Å²) < 4.78 is 0.601. The van der Waals surface area contributed by atoms with E-state index in [1.807, 2.05) is 6.07 Å². The highest BCUT2D eigenvalue weighted by Crippen LogP contribution is 2.08. The summed E-state index contributed by atoms with van der Waals surface area (Å²) in [4.78, 5) is 26.7. The van der Waals surface area contributed by atoms with Crippen LogP contribution in [0.5, 0.6) is 0 Å². The van der Waals surface area contributed by atoms with E-state index in [2.05, 4.69) is 26.2 Å². The molecule has 0 aliphatic heterocycles. The Balaban J connectivity index is 1.91. The Morgan fingerprint density at radius 1 is 1.19 bits per heavy atom. The minimum atomic E-state index is -0.956. The number of carboxylic acids is 1. The van der Waals surface area contributed by atoms with E-state index in [0.717, 1.165) is 5.56 Å². The van der Waals surface area contributed by atoms with Crippen LogP contribution in [0.2, 0.25) is 0 Å². The summed E-state index contributed by atoms with van der Waals surface area (Å²) in [5.74, 6) is -1.14. The smallest absolute Gasteiger partial charge is 0.335 e. The number of benzene rings is 1. The van der Waals surface area contributed by atoms with Crippen molar-refractivity contribution in [2.75, 3.05) is 6.54 Å². The fourth-order valence-corrected chi connectivity index (χ4v) is 2.19. The van der Waals surface area contributed by atoms with Crippen LogP contribution < -0.4 is 5.32 Å². The lowest BCUT2D eigenvalue weighted by Gasteiger charge is -2.06. The lowest BCUT2D eigenvalue weighted by molar-refractivity contribution is 0.0696. The molecule has 0 bridgehead atoms. The van der Waals surface area contributed by atoms with Gasteiger partial charge in [0.2, 0.25) is 0 Å². The van der Waals surface area contributed by atoms with Crippen molar-refractivity contribution in [2.45, 2.75) is 6.42 Å². The zero-order valence-corrected chi connectivity index (χ0v) is 12.6. The Labute approximate surface area is 130 Å². The molecule has 2 aromatic rings. The van der Waals surface area contributed by atoms with E-state index in [1.54, 1.807) is 36.5 Å². The average Bonchev–Trinajstić information content (AvgIpc) is 2.47. The number of carboxylic acid groups (broad SMARTS) is 1. The number of pyridine rings is 1. The topological polar surface area (TPSA) is 79.3 Å². The number of carbonyl (C=O) groups is 2. The Hall–Kier alpha value is -2.21. The number of carbonyl (C=O) groups excluding carboxylic acids is 1. The van der Waals surface area contributed by atoms with Gasteiger partial charge in [0.15, 0.2) is 0 Å². The molecule has 0 fully saturated rings. The highest BCUT2D eigenvalue weighted by Gasteiger charge is 2.06. The van der Waals surface area contributed by atoms with E-state index in [-0.39, 0.29) is 11.5 Å². The Morgan fingerprint density at radius 3 is 2.71 bits per heavy atom. The quantitative estimate of drug-likeness (QED) is 0.813. The fraction of sp³-hybridized carbons (Fsp3) is 0.133. The van der Waals surface area contributed by atoms with Crippen LogP contribution in [0.3, 0.4) is 0 Å². The summed E-state index contributed by atoms with van der Waals surface area (Å²) in [5, 5.41) is 11.7. The minimum absolute atomic E-state index is 0.188. The standard InChI is InChI=1S/C15H13BrN2O3/c16-13-9-11(5-7-17-13)14(19)18-6-4-10-2-1-3-12(8-10)15(20)21/h1-3,5,7-9H,4,6H2,(H,18,19)(H,20,21). The van der Waals surface area contributed by atoms with E-state index in [0.29, 0.717) is 23.1 Å². The summed E-state index contributed by atoms with van der Waals surface area (Å²) in [5.41, 5.74) is 1.64. The van der Waals surface area contributed by atoms with Gasteiger partial charge in [-0.2, -0.15) is 0 Å². The number of amides is 1. The minimum Gasteiger partial charge on any atom is -0.478 e. The first-order valence-electron chi connectivity index (χ1n) is 6.28. The molecule has 6 heteroatoms. The number of hydrogen-bond acceptors (Lipinski definition) is 3. The van der Waals surface area contributed by atoms with Crippen LogP contribution >= 0.6 is 15.9 Å². The highest BCUT2D eigenvalue weighted by molar-refractivity contribution is 9.10. The molecule has 2 rings (SSSR count). The predicted octanol–water partition coefficient (Wildman–Crippen LogP) is 2.51. The third-order valence-electron chi connectivity index (χ3n) is 2.86. The molecule has 1 aromatic carbocycles. The molecule has 2 N–H and O–H groups in total. The maximum atomic E-state index is 11.9. The summed E-state index contributed by atoms with van der Waals surface area (Å²) >= 11 is 3.21. The summed E-state index contributed by atoms with van der Waals surface area (Å²) in [6.07, 6.45) is 2.12. The van der Waals surface area contributed by atoms with Crippen LogP contribution in [-0.4, -0.2) is 28.5 Å². The molecule has 0 aliphatic rings. The van der Waals surface area contributed by atoms with Gasteiger partial charge in [0.25, 0.3) is 5.91 Å². The number of rotatable bonds is 5. The monoisotopic (exact) mass is 348 g/mol. The van der Waals surface area contributed by atoms with Crippen molar-refractivity contribution in [3.63, 3.8) is 0 Å². The van der Waals surface area contributed by atoms with Gasteiger partial charge < -0.3 is 10.4 Å². The summed E-state index contributed by atoms with van der Waals surface area (Å²) in [6.45, 7) is 0.432. The largest absolute Gasteiger partial charge is 0.478 e. The van der Waals surface area contributed by atoms with Crippen LogP contribution in [0.15, 0.2) is 47.2 Å². The Kier molecular flexibility index (Phi) is 5.05. The van der Waals surface area contributed by atoms with Crippen molar-refractivity contribution in [1.29, 1.82) is 0 Å². The van der Waals surface area contributed by atoms with Gasteiger partial charge in [-0.15, -0.1) is 0 Å². The molecule has 0 atom stereocenters. The molecule has 1 aromatic heterocycles. The summed E-state index contributed by atoms with van der Waals surface area (Å²) in [6, 6.07) is 9.95. The van der Waals surface area contributed by atoms with Crippen LogP contribution in [-0.2, 0) is 6.42 Å². The van der Waals surface area contributed by atoms with E-state index in [9.17, 15) is 9.59 Å². The zero-order valence-electron chi connectivity index (χ0n) is 11.0. The molecule has 0 unspecified atom stereocenters. The molecule has 108 valence electrons. The number of nitrogens with zero attached hydrogens (tertiary/aromatic N) is 1. The maximum Gasteiger partial charge on any atom is 0.335 e. The lowest BCUT2D eigenvalue weighted by atomic mass is 10.1. The summed E-state index contributed by atoms with van der Waals surface area (Å²) in [7, 11) is 0. The molecule has 5 nitrogen and oxygen atoms in total. The molecule has 0 radical (unpaired) electrons. The van der Waals surface area contributed by atoms with E-state index >= 15 is 0 Å². The van der Waals surface area contributed by atoms with Gasteiger partial charge in [-0.1, -0.05) is 12.1 Å². The SMILES string of the molecule is O=C(O)c1cccc(CCNC(=O)c2ccnc(Br)c2)c1. The van der Waals surface area contributed by atoms with Gasteiger partial charge in [-0.25, -0.2) is 9.78 Å². The molecule has 0 saturated heterocycles. The van der Waals surface area contributed by atoms with E-state index in [1.165, 1.54) is 0 Å². The molecule has 0 aliphatic carbocycles. The van der Waals surface area contributed by atoms with Crippen molar-refractivity contribution in [3.8, 4) is 0 Å². The molecule has 0 saturated carbocycles. The van der Waals surface area contributed by atoms with Crippen LogP contribution in [0, 0.1) is 0 Å². The second-order valence-electron chi connectivity index (χ2n) is 4.38. The van der Waals surface area contributed by atoms with Gasteiger partial charge in [0.1, 0.15) is 4.60 Å². The molecular weight excluding hydrogens is 336 g/mol. The van der Waals surface area contributed by atoms with Crippen molar-refractivity contribution in [2.24, 2.45) is 0 Å². The first-order valence-corrected chi connectivity index (χ1v) is 7.07. The van der Waals surface area contributed by atoms with Crippen molar-refractivity contribution < 1.29 is 14.7 Å². The van der Waals surface area contributed by atoms with Gasteiger partial charge in [0.05, 0.1) is 5.56 Å². The fourth-order valence-electron chi connectivity index (χ4n) is 1.83. The second kappa shape index (κ2) is 6.99. The Bertz CT molecular complexity index is 673. The third-order valence-corrected chi connectivity index (χ3v) is 3.30. The van der Waals surface area contributed by atoms with Crippen molar-refractivity contribution in [1.82, 2.24) is 10.3 Å². The maximum absolute atomic E-state index is 11.9. The highest BCUT2D eigenvalue weighted by atomic mass is 79.9. The number of aromatic nitrogens is 1. The van der Waals surface area contributed by atoms with E-state index < -0.39 is 5.97 Å². The van der Waals surface area contributed by atoms with Gasteiger partial charge in [0, 0.05) is 18.3 Å². The molecule has 1 amide bonds. The second-order valence-corrected chi connectivity index (χ2v) is 5.19. The Morgan fingerprint density at radius 2 is 2.00 bits per heavy atom. The normalized spacial score (nSPS) is 10.1. The zero-order chi connectivity index (χ0) is 15.2. The molecule has 21 heavy (non-hydrogen) atoms. The van der Waals surface area contributed by atoms with Crippen LogP contribution in [0.25, 0.3) is 0 Å². The predicted molar refractivity (Wildman–Crippen MR) is 81.4 cm³/mol. The van der Waals surface area contributed by atoms with Crippen molar-refractivity contribution in [3.05, 3.63) is 63.9 Å². The van der Waals surface area contributed by atoms with Gasteiger partial charge in [-0.05, 0) is 52.2 Å². The van der Waals surface area contributed by atoms with Gasteiger partial charge >= 0.3 is 5.97 Å². The number of hydrogen-bond donors (Lipinski definition) is 2. The average molecular weight is 349 g/mol. The van der Waals surface area contributed by atoms with Gasteiger partial charge in [-0.3, -0.25) is 4.79 Å².